The first kappa shape index (κ1) is 17.5. The lowest BCUT2D eigenvalue weighted by molar-refractivity contribution is -0.120. The molecular formula is C22H21FN2O2. The van der Waals surface area contributed by atoms with Gasteiger partial charge in [-0.3, -0.25) is 9.59 Å². The highest BCUT2D eigenvalue weighted by atomic mass is 19.1. The Kier molecular flexibility index (Phi) is 4.75. The molecule has 2 aromatic rings. The van der Waals surface area contributed by atoms with Crippen LogP contribution in [-0.4, -0.2) is 24.4 Å². The van der Waals surface area contributed by atoms with Crippen molar-refractivity contribution in [3.05, 3.63) is 72.1 Å². The lowest BCUT2D eigenvalue weighted by Crippen LogP contribution is -2.40. The molecule has 0 aliphatic carbocycles. The number of hydrogen-bond donors (Lipinski definition) is 0. The summed E-state index contributed by atoms with van der Waals surface area (Å²) in [7, 11) is 0. The van der Waals surface area contributed by atoms with Crippen molar-refractivity contribution in [3.8, 4) is 0 Å². The highest BCUT2D eigenvalue weighted by Gasteiger charge is 2.38. The first-order valence-electron chi connectivity index (χ1n) is 9.32. The molecule has 2 amide bonds. The Hall–Kier alpha value is -2.95. The Morgan fingerprint density at radius 1 is 0.889 bits per heavy atom. The van der Waals surface area contributed by atoms with Crippen LogP contribution in [0.15, 0.2) is 66.2 Å². The van der Waals surface area contributed by atoms with Crippen LogP contribution in [0.3, 0.4) is 0 Å². The summed E-state index contributed by atoms with van der Waals surface area (Å²) in [6.07, 6.45) is 5.23. The van der Waals surface area contributed by atoms with Gasteiger partial charge in [0, 0.05) is 23.9 Å². The maximum absolute atomic E-state index is 13.8. The Labute approximate surface area is 157 Å². The van der Waals surface area contributed by atoms with Crippen LogP contribution in [0.2, 0.25) is 0 Å². The number of imide groups is 1. The van der Waals surface area contributed by atoms with E-state index in [1.165, 1.54) is 23.1 Å². The largest absolute Gasteiger partial charge is 0.364 e. The molecule has 2 aliphatic rings. The van der Waals surface area contributed by atoms with Gasteiger partial charge in [-0.2, -0.15) is 0 Å². The highest BCUT2D eigenvalue weighted by molar-refractivity contribution is 6.31. The van der Waals surface area contributed by atoms with Crippen LogP contribution < -0.4 is 9.80 Å². The number of anilines is 2. The van der Waals surface area contributed by atoms with E-state index in [0.717, 1.165) is 37.9 Å². The summed E-state index contributed by atoms with van der Waals surface area (Å²) >= 11 is 0. The van der Waals surface area contributed by atoms with Crippen LogP contribution in [0.4, 0.5) is 15.8 Å². The Morgan fingerprint density at radius 2 is 1.67 bits per heavy atom. The zero-order chi connectivity index (χ0) is 18.8. The Morgan fingerprint density at radius 3 is 2.44 bits per heavy atom. The van der Waals surface area contributed by atoms with Gasteiger partial charge in [-0.05, 0) is 43.2 Å². The number of carbonyl (C=O) groups excluding carboxylic acids is 2. The molecule has 0 N–H and O–H groups in total. The molecule has 138 valence electrons. The van der Waals surface area contributed by atoms with E-state index < -0.39 is 0 Å². The van der Waals surface area contributed by atoms with Gasteiger partial charge in [0.15, 0.2) is 0 Å². The molecule has 1 fully saturated rings. The normalized spacial score (nSPS) is 20.6. The van der Waals surface area contributed by atoms with E-state index in [1.807, 2.05) is 12.1 Å². The summed E-state index contributed by atoms with van der Waals surface area (Å²) in [4.78, 5) is 29.0. The molecule has 2 aliphatic heterocycles. The first-order chi connectivity index (χ1) is 13.1. The molecule has 0 saturated carbocycles. The quantitative estimate of drug-likeness (QED) is 0.771. The molecule has 4 nitrogen and oxygen atoms in total. The lowest BCUT2D eigenvalue weighted by atomic mass is 10.00. The molecule has 1 atom stereocenters. The molecule has 4 rings (SSSR count). The van der Waals surface area contributed by atoms with Gasteiger partial charge in [-0.15, -0.1) is 0 Å². The highest BCUT2D eigenvalue weighted by Crippen LogP contribution is 2.33. The van der Waals surface area contributed by atoms with Gasteiger partial charge in [0.25, 0.3) is 11.8 Å². The molecule has 0 bridgehead atoms. The second-order valence-corrected chi connectivity index (χ2v) is 6.95. The fourth-order valence-electron chi connectivity index (χ4n) is 3.94. The zero-order valence-electron chi connectivity index (χ0n) is 15.0. The van der Waals surface area contributed by atoms with Crippen LogP contribution in [0.1, 0.15) is 25.7 Å². The molecule has 1 unspecified atom stereocenters. The predicted octanol–water partition coefficient (Wildman–Crippen LogP) is 4.07. The van der Waals surface area contributed by atoms with Crippen LogP contribution >= 0.6 is 0 Å². The number of para-hydroxylation sites is 1. The minimum absolute atomic E-state index is 0.223. The molecule has 1 saturated heterocycles. The third kappa shape index (κ3) is 3.37. The van der Waals surface area contributed by atoms with Gasteiger partial charge < -0.3 is 4.90 Å². The van der Waals surface area contributed by atoms with Gasteiger partial charge in [0.05, 0.1) is 11.7 Å². The van der Waals surface area contributed by atoms with E-state index in [9.17, 15) is 14.0 Å². The smallest absolute Gasteiger partial charge is 0.263 e. The van der Waals surface area contributed by atoms with Crippen molar-refractivity contribution in [1.29, 1.82) is 0 Å². The second-order valence-electron chi connectivity index (χ2n) is 6.95. The van der Waals surface area contributed by atoms with Gasteiger partial charge in [-0.25, -0.2) is 9.29 Å². The van der Waals surface area contributed by atoms with Crippen molar-refractivity contribution in [2.24, 2.45) is 0 Å². The fourth-order valence-corrected chi connectivity index (χ4v) is 3.94. The van der Waals surface area contributed by atoms with E-state index in [2.05, 4.69) is 4.90 Å². The van der Waals surface area contributed by atoms with Crippen molar-refractivity contribution in [2.75, 3.05) is 16.3 Å². The zero-order valence-corrected chi connectivity index (χ0v) is 15.0. The third-order valence-electron chi connectivity index (χ3n) is 5.22. The molecule has 27 heavy (non-hydrogen) atoms. The fraction of sp³-hybridized carbons (Fsp3) is 0.273. The summed E-state index contributed by atoms with van der Waals surface area (Å²) in [5.41, 5.74) is 1.82. The number of amides is 2. The monoisotopic (exact) mass is 364 g/mol. The predicted molar refractivity (Wildman–Crippen MR) is 103 cm³/mol. The number of rotatable bonds is 3. The average Bonchev–Trinajstić information content (AvgIpc) is 2.85. The summed E-state index contributed by atoms with van der Waals surface area (Å²) in [6.45, 7) is 0.734. The van der Waals surface area contributed by atoms with Crippen molar-refractivity contribution < 1.29 is 14.0 Å². The number of carbonyl (C=O) groups is 2. The Bertz CT molecular complexity index is 894. The van der Waals surface area contributed by atoms with Crippen LogP contribution in [0.25, 0.3) is 0 Å². The molecule has 0 radical (unpaired) electrons. The molecule has 0 spiro atoms. The summed E-state index contributed by atoms with van der Waals surface area (Å²) in [6, 6.07) is 15.2. The van der Waals surface area contributed by atoms with Crippen LogP contribution in [-0.2, 0) is 9.59 Å². The van der Waals surface area contributed by atoms with Gasteiger partial charge >= 0.3 is 0 Å². The van der Waals surface area contributed by atoms with Crippen molar-refractivity contribution in [3.63, 3.8) is 0 Å². The lowest BCUT2D eigenvalue weighted by Gasteiger charge is -2.32. The standard InChI is InChI=1S/C22H21FN2O2/c23-16-8-7-11-18(14-16)24-13-6-2-5-12-20(24)19-15-21(26)25(22(19)27)17-9-3-1-4-10-17/h1,3-4,7-11,14-15,20H,2,5-6,12-13H2. The summed E-state index contributed by atoms with van der Waals surface area (Å²) < 4.78 is 13.8. The number of halogens is 1. The first-order valence-corrected chi connectivity index (χ1v) is 9.32. The summed E-state index contributed by atoms with van der Waals surface area (Å²) in [5.74, 6) is -0.895. The van der Waals surface area contributed by atoms with Crippen LogP contribution in [0.5, 0.6) is 0 Å². The van der Waals surface area contributed by atoms with Crippen LogP contribution in [0, 0.1) is 5.82 Å². The van der Waals surface area contributed by atoms with E-state index in [0.29, 0.717) is 11.3 Å². The van der Waals surface area contributed by atoms with Crippen molar-refractivity contribution in [2.45, 2.75) is 31.7 Å². The van der Waals surface area contributed by atoms with E-state index in [-0.39, 0.29) is 23.7 Å². The molecule has 2 aromatic carbocycles. The summed E-state index contributed by atoms with van der Waals surface area (Å²) in [5, 5.41) is 0. The maximum atomic E-state index is 13.8. The number of benzene rings is 2. The third-order valence-corrected chi connectivity index (χ3v) is 5.22. The minimum atomic E-state index is -0.315. The van der Waals surface area contributed by atoms with Gasteiger partial charge in [0.2, 0.25) is 0 Å². The molecular weight excluding hydrogens is 343 g/mol. The SMILES string of the molecule is O=C1C=C(C2CCCCCN2c2cccc(F)c2)C(=O)N1c1ccccc1. The minimum Gasteiger partial charge on any atom is -0.364 e. The topological polar surface area (TPSA) is 40.6 Å². The van der Waals surface area contributed by atoms with E-state index in [4.69, 9.17) is 0 Å². The van der Waals surface area contributed by atoms with Gasteiger partial charge in [0.1, 0.15) is 5.82 Å². The molecule has 2 heterocycles. The second kappa shape index (κ2) is 7.35. The van der Waals surface area contributed by atoms with Crippen molar-refractivity contribution >= 4 is 23.2 Å². The average molecular weight is 364 g/mol. The van der Waals surface area contributed by atoms with E-state index >= 15 is 0 Å². The maximum Gasteiger partial charge on any atom is 0.263 e. The number of hydrogen-bond acceptors (Lipinski definition) is 3. The van der Waals surface area contributed by atoms with Gasteiger partial charge in [-0.1, -0.05) is 37.1 Å². The Balaban J connectivity index is 1.68. The molecule has 0 aromatic heterocycles. The van der Waals surface area contributed by atoms with E-state index in [1.54, 1.807) is 30.3 Å². The molecule has 5 heteroatoms. The number of nitrogens with zero attached hydrogens (tertiary/aromatic N) is 2. The van der Waals surface area contributed by atoms with Crippen molar-refractivity contribution in [1.82, 2.24) is 0 Å².